The van der Waals surface area contributed by atoms with Gasteiger partial charge in [-0.25, -0.2) is 4.39 Å². The first-order valence-electron chi connectivity index (χ1n) is 10.5. The van der Waals surface area contributed by atoms with Crippen LogP contribution in [0.25, 0.3) is 11.0 Å². The van der Waals surface area contributed by atoms with Gasteiger partial charge in [0.15, 0.2) is 5.58 Å². The molecule has 2 heterocycles. The maximum Gasteiger partial charge on any atom is 0.255 e. The number of hydrogen-bond donors (Lipinski definition) is 2. The third kappa shape index (κ3) is 4.43. The van der Waals surface area contributed by atoms with Gasteiger partial charge in [0.2, 0.25) is 5.91 Å². The van der Waals surface area contributed by atoms with Crippen molar-refractivity contribution in [1.29, 1.82) is 0 Å². The lowest BCUT2D eigenvalue weighted by Crippen LogP contribution is -2.39. The lowest BCUT2D eigenvalue weighted by atomic mass is 9.91. The molecule has 1 saturated heterocycles. The van der Waals surface area contributed by atoms with Crippen molar-refractivity contribution in [2.75, 3.05) is 33.3 Å². The second kappa shape index (κ2) is 9.35. The van der Waals surface area contributed by atoms with E-state index in [4.69, 9.17) is 15.0 Å². The fourth-order valence-corrected chi connectivity index (χ4v) is 4.21. The van der Waals surface area contributed by atoms with Crippen molar-refractivity contribution in [3.8, 4) is 5.75 Å². The zero-order chi connectivity index (χ0) is 22.7. The number of fused-ring (bicyclic) bond motifs is 1. The molecule has 3 N–H and O–H groups in total. The fraction of sp³-hybridized carbons (Fsp3) is 0.348. The molecular formula is C23H25FN4O4. The smallest absolute Gasteiger partial charge is 0.255 e. The summed E-state index contributed by atoms with van der Waals surface area (Å²) < 4.78 is 23.9. The van der Waals surface area contributed by atoms with E-state index >= 15 is 0 Å². The quantitative estimate of drug-likeness (QED) is 0.584. The van der Waals surface area contributed by atoms with Crippen molar-refractivity contribution in [1.82, 2.24) is 15.4 Å². The molecule has 1 fully saturated rings. The summed E-state index contributed by atoms with van der Waals surface area (Å²) in [5, 5.41) is 7.89. The second-order valence-electron chi connectivity index (χ2n) is 7.83. The summed E-state index contributed by atoms with van der Waals surface area (Å²) in [5.74, 6) is -0.863. The van der Waals surface area contributed by atoms with Crippen LogP contribution in [0.4, 0.5) is 4.39 Å². The summed E-state index contributed by atoms with van der Waals surface area (Å²) >= 11 is 0. The van der Waals surface area contributed by atoms with Gasteiger partial charge in [0.05, 0.1) is 23.9 Å². The molecule has 1 aromatic heterocycles. The predicted octanol–water partition coefficient (Wildman–Crippen LogP) is 2.68. The molecule has 0 spiro atoms. The lowest BCUT2D eigenvalue weighted by molar-refractivity contribution is 0.0926. The van der Waals surface area contributed by atoms with E-state index in [9.17, 15) is 14.0 Å². The Morgan fingerprint density at radius 1 is 1.28 bits per heavy atom. The maximum atomic E-state index is 13.4. The highest BCUT2D eigenvalue weighted by Crippen LogP contribution is 2.32. The Morgan fingerprint density at radius 2 is 2.06 bits per heavy atom. The van der Waals surface area contributed by atoms with Crippen molar-refractivity contribution in [2.45, 2.75) is 18.8 Å². The normalized spacial score (nSPS) is 15.1. The predicted molar refractivity (Wildman–Crippen MR) is 116 cm³/mol. The second-order valence-corrected chi connectivity index (χ2v) is 7.83. The van der Waals surface area contributed by atoms with Crippen molar-refractivity contribution >= 4 is 22.8 Å². The highest BCUT2D eigenvalue weighted by atomic mass is 19.1. The number of carbonyl (C=O) groups excluding carboxylic acids is 2. The van der Waals surface area contributed by atoms with Crippen LogP contribution in [0.3, 0.4) is 0 Å². The van der Waals surface area contributed by atoms with Crippen LogP contribution in [0.1, 0.15) is 45.2 Å². The van der Waals surface area contributed by atoms with Gasteiger partial charge in [-0.05, 0) is 50.2 Å². The van der Waals surface area contributed by atoms with E-state index < -0.39 is 11.8 Å². The molecule has 8 nitrogen and oxygen atoms in total. The topological polar surface area (TPSA) is 111 Å². The molecule has 2 aromatic carbocycles. The third-order valence-corrected chi connectivity index (χ3v) is 5.89. The van der Waals surface area contributed by atoms with E-state index in [1.54, 1.807) is 18.2 Å². The summed E-state index contributed by atoms with van der Waals surface area (Å²) in [6.07, 6.45) is 1.79. The number of amides is 2. The van der Waals surface area contributed by atoms with Crippen LogP contribution in [0.15, 0.2) is 40.9 Å². The number of carbonyl (C=O) groups is 2. The van der Waals surface area contributed by atoms with Crippen LogP contribution >= 0.6 is 0 Å². The molecule has 3 aromatic rings. The Kier molecular flexibility index (Phi) is 6.36. The van der Waals surface area contributed by atoms with Gasteiger partial charge in [-0.2, -0.15) is 0 Å². The Hall–Kier alpha value is -3.46. The number of primary amides is 1. The number of methoxy groups -OCH3 is 1. The molecule has 32 heavy (non-hydrogen) atoms. The Morgan fingerprint density at radius 3 is 2.78 bits per heavy atom. The van der Waals surface area contributed by atoms with E-state index in [-0.39, 0.29) is 22.9 Å². The van der Waals surface area contributed by atoms with E-state index in [1.165, 1.54) is 25.3 Å². The minimum Gasteiger partial charge on any atom is -0.496 e. The summed E-state index contributed by atoms with van der Waals surface area (Å²) in [7, 11) is 1.44. The van der Waals surface area contributed by atoms with Gasteiger partial charge in [-0.3, -0.25) is 9.59 Å². The number of halogens is 1. The van der Waals surface area contributed by atoms with Gasteiger partial charge in [-0.1, -0.05) is 11.2 Å². The molecule has 0 aliphatic carbocycles. The largest absolute Gasteiger partial charge is 0.496 e. The SMILES string of the molecule is COc1cccc(C(N)=O)c1C(=O)NCCN1CCC(c2noc3cc(F)ccc23)CC1. The number of benzene rings is 2. The van der Waals surface area contributed by atoms with Crippen molar-refractivity contribution in [3.05, 3.63) is 59.0 Å². The summed E-state index contributed by atoms with van der Waals surface area (Å²) in [6, 6.07) is 9.24. The van der Waals surface area contributed by atoms with Gasteiger partial charge >= 0.3 is 0 Å². The highest BCUT2D eigenvalue weighted by molar-refractivity contribution is 6.08. The highest BCUT2D eigenvalue weighted by Gasteiger charge is 2.25. The number of likely N-dealkylation sites (tertiary alicyclic amines) is 1. The van der Waals surface area contributed by atoms with E-state index in [2.05, 4.69) is 15.4 Å². The Labute approximate surface area is 184 Å². The standard InChI is InChI=1S/C23H25FN4O4/c1-31-18-4-2-3-17(22(25)29)20(18)23(30)26-9-12-28-10-7-14(8-11-28)21-16-6-5-15(24)13-19(16)32-27-21/h2-6,13-14H,7-12H2,1H3,(H2,25,29)(H,26,30). The number of hydrogen-bond acceptors (Lipinski definition) is 6. The summed E-state index contributed by atoms with van der Waals surface area (Å²) in [6.45, 7) is 2.78. The molecule has 0 radical (unpaired) electrons. The van der Waals surface area contributed by atoms with Gasteiger partial charge in [-0.15, -0.1) is 0 Å². The first-order valence-corrected chi connectivity index (χ1v) is 10.5. The monoisotopic (exact) mass is 440 g/mol. The molecule has 1 aliphatic heterocycles. The average molecular weight is 440 g/mol. The zero-order valence-electron chi connectivity index (χ0n) is 17.8. The number of aromatic nitrogens is 1. The number of nitrogens with zero attached hydrogens (tertiary/aromatic N) is 2. The lowest BCUT2D eigenvalue weighted by Gasteiger charge is -2.31. The molecule has 2 amide bonds. The molecule has 1 aliphatic rings. The van der Waals surface area contributed by atoms with Gasteiger partial charge in [0, 0.05) is 30.5 Å². The number of piperidine rings is 1. The molecule has 168 valence electrons. The molecule has 9 heteroatoms. The molecule has 0 saturated carbocycles. The minimum absolute atomic E-state index is 0.127. The Bertz CT molecular complexity index is 1140. The number of nitrogens with one attached hydrogen (secondary N) is 1. The molecular weight excluding hydrogens is 415 g/mol. The van der Waals surface area contributed by atoms with Crippen LogP contribution in [-0.2, 0) is 0 Å². The van der Waals surface area contributed by atoms with Gasteiger partial charge in [0.1, 0.15) is 11.6 Å². The van der Waals surface area contributed by atoms with Crippen molar-refractivity contribution in [2.24, 2.45) is 5.73 Å². The average Bonchev–Trinajstić information content (AvgIpc) is 3.21. The van der Waals surface area contributed by atoms with E-state index in [0.717, 1.165) is 37.0 Å². The minimum atomic E-state index is -0.681. The molecule has 0 unspecified atom stereocenters. The van der Waals surface area contributed by atoms with Gasteiger partial charge in [0.25, 0.3) is 5.91 Å². The summed E-state index contributed by atoms with van der Waals surface area (Å²) in [4.78, 5) is 26.6. The molecule has 0 bridgehead atoms. The van der Waals surface area contributed by atoms with Crippen molar-refractivity contribution < 1.29 is 23.2 Å². The van der Waals surface area contributed by atoms with Crippen LogP contribution in [0, 0.1) is 5.82 Å². The fourth-order valence-electron chi connectivity index (χ4n) is 4.21. The molecule has 0 atom stereocenters. The third-order valence-electron chi connectivity index (χ3n) is 5.89. The number of nitrogens with two attached hydrogens (primary N) is 1. The van der Waals surface area contributed by atoms with Crippen LogP contribution in [-0.4, -0.2) is 55.2 Å². The zero-order valence-corrected chi connectivity index (χ0v) is 17.8. The summed E-state index contributed by atoms with van der Waals surface area (Å²) in [5.41, 5.74) is 7.03. The van der Waals surface area contributed by atoms with Crippen molar-refractivity contribution in [3.63, 3.8) is 0 Å². The molecule has 4 rings (SSSR count). The number of rotatable bonds is 7. The number of ether oxygens (including phenoxy) is 1. The Balaban J connectivity index is 1.31. The van der Waals surface area contributed by atoms with E-state index in [1.807, 2.05) is 0 Å². The maximum absolute atomic E-state index is 13.4. The van der Waals surface area contributed by atoms with Gasteiger partial charge < -0.3 is 25.2 Å². The van der Waals surface area contributed by atoms with Crippen LogP contribution in [0.2, 0.25) is 0 Å². The first kappa shape index (κ1) is 21.8. The van der Waals surface area contributed by atoms with Crippen LogP contribution in [0.5, 0.6) is 5.75 Å². The van der Waals surface area contributed by atoms with E-state index in [0.29, 0.717) is 24.4 Å². The van der Waals surface area contributed by atoms with Crippen LogP contribution < -0.4 is 15.8 Å². The first-order chi connectivity index (χ1) is 15.5.